The van der Waals surface area contributed by atoms with Crippen LogP contribution in [0.1, 0.15) is 66.7 Å². The van der Waals surface area contributed by atoms with Gasteiger partial charge in [-0.1, -0.05) is 0 Å². The average molecular weight is 621 g/mol. The number of rotatable bonds is 18. The Labute approximate surface area is 257 Å². The molecule has 1 aromatic carbocycles. The molecule has 0 fully saturated rings. The summed E-state index contributed by atoms with van der Waals surface area (Å²) in [5, 5.41) is 20.5. The van der Waals surface area contributed by atoms with Crippen LogP contribution in [0.2, 0.25) is 0 Å². The van der Waals surface area contributed by atoms with Crippen molar-refractivity contribution in [2.45, 2.75) is 45.4 Å². The third-order valence-electron chi connectivity index (χ3n) is 6.96. The van der Waals surface area contributed by atoms with E-state index in [1.165, 1.54) is 51.3 Å². The molecule has 0 aliphatic rings. The van der Waals surface area contributed by atoms with E-state index in [2.05, 4.69) is 0 Å². The summed E-state index contributed by atoms with van der Waals surface area (Å²) < 4.78 is 28.1. The molecule has 2 N–H and O–H groups in total. The van der Waals surface area contributed by atoms with Crippen molar-refractivity contribution in [1.29, 1.82) is 0 Å². The molecule has 0 radical (unpaired) electrons. The van der Waals surface area contributed by atoms with Crippen LogP contribution in [0.3, 0.4) is 0 Å². The zero-order valence-corrected chi connectivity index (χ0v) is 26.7. The molecule has 244 valence electrons. The van der Waals surface area contributed by atoms with E-state index in [9.17, 15) is 29.4 Å². The zero-order chi connectivity index (χ0) is 33.2. The van der Waals surface area contributed by atoms with Crippen molar-refractivity contribution < 1.29 is 53.1 Å². The number of carboxylic acids is 2. The Balaban J connectivity index is 2.67. The van der Waals surface area contributed by atoms with Gasteiger partial charge in [0.2, 0.25) is 0 Å². The number of benzene rings is 1. The minimum atomic E-state index is -1.80. The smallest absolute Gasteiger partial charge is 0.355 e. The van der Waals surface area contributed by atoms with Crippen LogP contribution in [0.5, 0.6) is 5.75 Å². The number of carboxylic acid groups (broad SMARTS) is 2. The van der Waals surface area contributed by atoms with Gasteiger partial charge in [-0.2, -0.15) is 0 Å². The Hall–Kier alpha value is -3.94. The number of hydrogen-bond donors (Lipinski definition) is 2. The van der Waals surface area contributed by atoms with E-state index >= 15 is 0 Å². The van der Waals surface area contributed by atoms with Crippen LogP contribution in [-0.2, 0) is 39.4 Å². The fraction of sp³-hybridized carbons (Fsp3) is 0.548. The van der Waals surface area contributed by atoms with Crippen molar-refractivity contribution >= 4 is 23.8 Å². The maximum atomic E-state index is 13.8. The number of carbonyl (C=O) groups is 4. The molecule has 0 unspecified atom stereocenters. The molecule has 1 aromatic heterocycles. The summed E-state index contributed by atoms with van der Waals surface area (Å²) in [4.78, 5) is 53.8. The number of carbonyl (C=O) groups excluding carboxylic acids is 2. The summed E-state index contributed by atoms with van der Waals surface area (Å²) >= 11 is 0. The van der Waals surface area contributed by atoms with Crippen LogP contribution < -0.4 is 4.74 Å². The molecular formula is C31H44N2O11. The molecular weight excluding hydrogens is 576 g/mol. The van der Waals surface area contributed by atoms with Gasteiger partial charge in [0.25, 0.3) is 5.91 Å². The summed E-state index contributed by atoms with van der Waals surface area (Å²) in [7, 11) is 4.56. The third kappa shape index (κ3) is 8.16. The topological polar surface area (TPSA) is 163 Å². The molecule has 2 aromatic rings. The van der Waals surface area contributed by atoms with Crippen LogP contribution in [0, 0.1) is 0 Å². The predicted molar refractivity (Wildman–Crippen MR) is 160 cm³/mol. The summed E-state index contributed by atoms with van der Waals surface area (Å²) in [5.74, 6) is -3.69. The van der Waals surface area contributed by atoms with Crippen molar-refractivity contribution in [1.82, 2.24) is 9.47 Å². The van der Waals surface area contributed by atoms with Gasteiger partial charge >= 0.3 is 17.9 Å². The van der Waals surface area contributed by atoms with E-state index in [1.807, 2.05) is 0 Å². The van der Waals surface area contributed by atoms with Gasteiger partial charge in [-0.15, -0.1) is 0 Å². The van der Waals surface area contributed by atoms with Gasteiger partial charge in [0.05, 0.1) is 50.5 Å². The summed E-state index contributed by atoms with van der Waals surface area (Å²) in [5.41, 5.74) is -3.91. The number of ether oxygens (including phenoxy) is 5. The van der Waals surface area contributed by atoms with Gasteiger partial charge in [-0.3, -0.25) is 19.0 Å². The van der Waals surface area contributed by atoms with Crippen LogP contribution in [0.25, 0.3) is 5.69 Å². The maximum absolute atomic E-state index is 13.8. The highest BCUT2D eigenvalue weighted by Gasteiger charge is 2.49. The molecule has 0 aliphatic heterocycles. The highest BCUT2D eigenvalue weighted by molar-refractivity contribution is 6.04. The first kappa shape index (κ1) is 36.3. The Kier molecular flexibility index (Phi) is 12.9. The summed E-state index contributed by atoms with van der Waals surface area (Å²) in [6.45, 7) is 9.34. The van der Waals surface area contributed by atoms with Gasteiger partial charge < -0.3 is 38.8 Å². The van der Waals surface area contributed by atoms with Crippen molar-refractivity contribution in [3.05, 3.63) is 46.8 Å². The maximum Gasteiger partial charge on any atom is 0.355 e. The number of esters is 1. The Morgan fingerprint density at radius 1 is 0.773 bits per heavy atom. The normalized spacial score (nSPS) is 11.7. The fourth-order valence-electron chi connectivity index (χ4n) is 4.44. The number of hydrogen-bond acceptors (Lipinski definition) is 9. The number of aliphatic carboxylic acids is 2. The molecule has 0 saturated carbocycles. The lowest BCUT2D eigenvalue weighted by atomic mass is 9.73. The van der Waals surface area contributed by atoms with Gasteiger partial charge in [-0.05, 0) is 58.9 Å². The van der Waals surface area contributed by atoms with Crippen molar-refractivity contribution in [2.75, 3.05) is 67.5 Å². The summed E-state index contributed by atoms with van der Waals surface area (Å²) in [6.07, 6.45) is 0. The second kappa shape index (κ2) is 15.7. The largest absolute Gasteiger partial charge is 0.491 e. The van der Waals surface area contributed by atoms with Crippen molar-refractivity contribution in [3.63, 3.8) is 0 Å². The van der Waals surface area contributed by atoms with Gasteiger partial charge in [0.15, 0.2) is 0 Å². The first-order valence-corrected chi connectivity index (χ1v) is 14.2. The fourth-order valence-corrected chi connectivity index (χ4v) is 4.44. The van der Waals surface area contributed by atoms with Crippen LogP contribution in [0.15, 0.2) is 24.3 Å². The summed E-state index contributed by atoms with van der Waals surface area (Å²) in [6, 6.07) is 6.41. The molecule has 2 rings (SSSR count). The average Bonchev–Trinajstić information content (AvgIpc) is 3.34. The first-order valence-electron chi connectivity index (χ1n) is 14.2. The van der Waals surface area contributed by atoms with E-state index in [0.717, 1.165) is 0 Å². The first-order chi connectivity index (χ1) is 20.6. The SMILES string of the molecule is CCOC(=O)c1c(C(C)(C)C(=O)O)c(C(C)(C)C(=O)O)c(C(=O)N(C)C)n1-c1ccc(OCCOCCOCCOC)cc1. The van der Waals surface area contributed by atoms with Crippen molar-refractivity contribution in [3.8, 4) is 11.4 Å². The zero-order valence-electron chi connectivity index (χ0n) is 26.7. The highest BCUT2D eigenvalue weighted by Crippen LogP contribution is 2.43. The van der Waals surface area contributed by atoms with Crippen LogP contribution in [-0.4, -0.2) is 111 Å². The second-order valence-corrected chi connectivity index (χ2v) is 11.1. The number of aromatic nitrogens is 1. The molecule has 0 bridgehead atoms. The Morgan fingerprint density at radius 3 is 1.70 bits per heavy atom. The molecule has 0 spiro atoms. The quantitative estimate of drug-likeness (QED) is 0.186. The molecule has 1 amide bonds. The third-order valence-corrected chi connectivity index (χ3v) is 6.96. The molecule has 13 heteroatoms. The predicted octanol–water partition coefficient (Wildman–Crippen LogP) is 3.14. The minimum Gasteiger partial charge on any atom is -0.491 e. The molecule has 44 heavy (non-hydrogen) atoms. The molecule has 0 atom stereocenters. The van der Waals surface area contributed by atoms with Gasteiger partial charge in [0, 0.05) is 38.0 Å². The Morgan fingerprint density at radius 2 is 1.25 bits per heavy atom. The standard InChI is InChI=1S/C31H44N2O11/c1-9-43-27(35)25-23(31(4,5)29(38)39)22(30(2,3)28(36)37)24(26(34)32(6)7)33(25)20-10-12-21(13-11-20)44-19-18-42-17-16-41-15-14-40-8/h10-13H,9,14-19H2,1-8H3,(H,36,37)(H,38,39). The lowest BCUT2D eigenvalue weighted by Crippen LogP contribution is -2.38. The Bertz CT molecular complexity index is 1310. The molecule has 1 heterocycles. The van der Waals surface area contributed by atoms with Crippen LogP contribution in [0.4, 0.5) is 0 Å². The molecule has 13 nitrogen and oxygen atoms in total. The number of amides is 1. The number of nitrogens with zero attached hydrogens (tertiary/aromatic N) is 2. The molecule has 0 saturated heterocycles. The van der Waals surface area contributed by atoms with Gasteiger partial charge in [0.1, 0.15) is 23.7 Å². The highest BCUT2D eigenvalue weighted by atomic mass is 16.6. The lowest BCUT2D eigenvalue weighted by Gasteiger charge is -2.28. The lowest BCUT2D eigenvalue weighted by molar-refractivity contribution is -0.144. The van der Waals surface area contributed by atoms with E-state index in [0.29, 0.717) is 44.5 Å². The number of methoxy groups -OCH3 is 1. The molecule has 0 aliphatic carbocycles. The van der Waals surface area contributed by atoms with Crippen molar-refractivity contribution in [2.24, 2.45) is 0 Å². The van der Waals surface area contributed by atoms with Gasteiger partial charge in [-0.25, -0.2) is 4.79 Å². The monoisotopic (exact) mass is 620 g/mol. The van der Waals surface area contributed by atoms with Crippen LogP contribution >= 0.6 is 0 Å². The van der Waals surface area contributed by atoms with E-state index in [1.54, 1.807) is 38.3 Å². The van der Waals surface area contributed by atoms with E-state index in [4.69, 9.17) is 23.7 Å². The minimum absolute atomic E-state index is 0.0420. The van der Waals surface area contributed by atoms with E-state index in [-0.39, 0.29) is 35.7 Å². The second-order valence-electron chi connectivity index (χ2n) is 11.1. The van der Waals surface area contributed by atoms with E-state index < -0.39 is 34.6 Å².